The maximum absolute atomic E-state index is 12.2. The van der Waals surface area contributed by atoms with Crippen molar-refractivity contribution in [3.05, 3.63) is 0 Å². The summed E-state index contributed by atoms with van der Waals surface area (Å²) < 4.78 is 5.44. The Hall–Kier alpha value is -0.770. The average molecular weight is 241 g/mol. The van der Waals surface area contributed by atoms with Gasteiger partial charge in [0.15, 0.2) is 0 Å². The van der Waals surface area contributed by atoms with Crippen LogP contribution in [0.4, 0.5) is 4.79 Å². The smallest absolute Gasteiger partial charge is 0.410 e. The van der Waals surface area contributed by atoms with Crippen LogP contribution in [-0.2, 0) is 4.74 Å². The molecule has 2 aliphatic heterocycles. The van der Waals surface area contributed by atoms with E-state index in [9.17, 15) is 9.90 Å². The van der Waals surface area contributed by atoms with E-state index in [1.807, 2.05) is 20.8 Å². The van der Waals surface area contributed by atoms with Crippen molar-refractivity contribution in [2.45, 2.75) is 76.7 Å². The molecular formula is C13H23NO3. The molecule has 0 aromatic carbocycles. The van der Waals surface area contributed by atoms with Crippen LogP contribution < -0.4 is 0 Å². The zero-order valence-electron chi connectivity index (χ0n) is 11.0. The van der Waals surface area contributed by atoms with Crippen molar-refractivity contribution < 1.29 is 14.6 Å². The summed E-state index contributed by atoms with van der Waals surface area (Å²) in [5.41, 5.74) is -0.465. The van der Waals surface area contributed by atoms with Crippen LogP contribution in [0.3, 0.4) is 0 Å². The lowest BCUT2D eigenvalue weighted by atomic mass is 9.83. The van der Waals surface area contributed by atoms with Crippen molar-refractivity contribution >= 4 is 6.09 Å². The van der Waals surface area contributed by atoms with Crippen LogP contribution in [0, 0.1) is 0 Å². The summed E-state index contributed by atoms with van der Waals surface area (Å²) in [5, 5.41) is 9.99. The highest BCUT2D eigenvalue weighted by Crippen LogP contribution is 2.35. The molecule has 0 aromatic heterocycles. The molecule has 2 fully saturated rings. The molecule has 3 atom stereocenters. The molecule has 17 heavy (non-hydrogen) atoms. The maximum Gasteiger partial charge on any atom is 0.410 e. The lowest BCUT2D eigenvalue weighted by molar-refractivity contribution is -0.0605. The lowest BCUT2D eigenvalue weighted by Gasteiger charge is -2.48. The van der Waals surface area contributed by atoms with Crippen molar-refractivity contribution in [2.24, 2.45) is 0 Å². The number of carbonyl (C=O) groups excluding carboxylic acids is 1. The summed E-state index contributed by atoms with van der Waals surface area (Å²) >= 11 is 0. The molecule has 4 heteroatoms. The van der Waals surface area contributed by atoms with Crippen LogP contribution in [0.25, 0.3) is 0 Å². The number of piperidine rings is 2. The van der Waals surface area contributed by atoms with Crippen LogP contribution in [-0.4, -0.2) is 39.9 Å². The van der Waals surface area contributed by atoms with Gasteiger partial charge in [-0.2, -0.15) is 0 Å². The first-order valence-electron chi connectivity index (χ1n) is 6.58. The third kappa shape index (κ3) is 2.73. The van der Waals surface area contributed by atoms with E-state index in [0.29, 0.717) is 0 Å². The van der Waals surface area contributed by atoms with Gasteiger partial charge < -0.3 is 9.84 Å². The predicted octanol–water partition coefficient (Wildman–Crippen LogP) is 2.30. The Morgan fingerprint density at radius 3 is 2.59 bits per heavy atom. The van der Waals surface area contributed by atoms with Gasteiger partial charge in [0.1, 0.15) is 5.60 Å². The standard InChI is InChI=1S/C13H23NO3/c1-13(2,3)17-12(16)14-9-5-4-6-10(14)11(15)8-7-9/h9-11,15H,4-8H2,1-3H3/t9-,10+,11-/m0/s1. The van der Waals surface area contributed by atoms with Gasteiger partial charge in [-0.1, -0.05) is 0 Å². The van der Waals surface area contributed by atoms with Gasteiger partial charge in [0.2, 0.25) is 0 Å². The fraction of sp³-hybridized carbons (Fsp3) is 0.923. The molecule has 2 heterocycles. The quantitative estimate of drug-likeness (QED) is 0.708. The molecule has 0 unspecified atom stereocenters. The molecule has 1 amide bonds. The molecule has 2 bridgehead atoms. The molecule has 2 saturated heterocycles. The fourth-order valence-electron chi connectivity index (χ4n) is 2.93. The largest absolute Gasteiger partial charge is 0.444 e. The maximum atomic E-state index is 12.2. The van der Waals surface area contributed by atoms with E-state index in [2.05, 4.69) is 0 Å². The summed E-state index contributed by atoms with van der Waals surface area (Å²) in [6, 6.07) is 0.240. The Balaban J connectivity index is 2.10. The van der Waals surface area contributed by atoms with Crippen LogP contribution in [0.1, 0.15) is 52.9 Å². The Labute approximate surface area is 103 Å². The van der Waals surface area contributed by atoms with Gasteiger partial charge in [0.25, 0.3) is 0 Å². The molecule has 0 aromatic rings. The van der Waals surface area contributed by atoms with E-state index in [1.54, 1.807) is 4.90 Å². The number of ether oxygens (including phenoxy) is 1. The summed E-state index contributed by atoms with van der Waals surface area (Å²) in [6.45, 7) is 5.63. The van der Waals surface area contributed by atoms with E-state index >= 15 is 0 Å². The van der Waals surface area contributed by atoms with E-state index in [4.69, 9.17) is 4.74 Å². The third-order valence-electron chi connectivity index (χ3n) is 3.63. The minimum absolute atomic E-state index is 0.0302. The molecule has 2 aliphatic rings. The molecule has 1 N–H and O–H groups in total. The number of aliphatic hydroxyl groups excluding tert-OH is 1. The van der Waals surface area contributed by atoms with Crippen LogP contribution in [0.5, 0.6) is 0 Å². The highest BCUT2D eigenvalue weighted by Gasteiger charge is 2.43. The van der Waals surface area contributed by atoms with E-state index in [0.717, 1.165) is 32.1 Å². The Morgan fingerprint density at radius 1 is 1.24 bits per heavy atom. The van der Waals surface area contributed by atoms with Crippen molar-refractivity contribution in [2.75, 3.05) is 0 Å². The first-order chi connectivity index (χ1) is 7.88. The van der Waals surface area contributed by atoms with Gasteiger partial charge in [0.05, 0.1) is 12.1 Å². The first-order valence-corrected chi connectivity index (χ1v) is 6.58. The van der Waals surface area contributed by atoms with Crippen molar-refractivity contribution in [1.29, 1.82) is 0 Å². The number of aliphatic hydroxyl groups is 1. The third-order valence-corrected chi connectivity index (χ3v) is 3.63. The second-order valence-electron chi connectivity index (χ2n) is 6.18. The molecule has 0 aliphatic carbocycles. The van der Waals surface area contributed by atoms with Crippen molar-refractivity contribution in [1.82, 2.24) is 4.90 Å². The predicted molar refractivity (Wildman–Crippen MR) is 64.7 cm³/mol. The number of rotatable bonds is 0. The highest BCUT2D eigenvalue weighted by atomic mass is 16.6. The van der Waals surface area contributed by atoms with E-state index in [-0.39, 0.29) is 24.3 Å². The lowest BCUT2D eigenvalue weighted by Crippen LogP contribution is -2.59. The summed E-state index contributed by atoms with van der Waals surface area (Å²) in [6.07, 6.45) is 4.13. The molecule has 2 rings (SSSR count). The normalized spacial score (nSPS) is 33.4. The number of fused-ring (bicyclic) bond motifs is 2. The number of nitrogens with zero attached hydrogens (tertiary/aromatic N) is 1. The average Bonchev–Trinajstić information content (AvgIpc) is 2.21. The van der Waals surface area contributed by atoms with Gasteiger partial charge in [-0.15, -0.1) is 0 Å². The van der Waals surface area contributed by atoms with E-state index in [1.165, 1.54) is 0 Å². The first kappa shape index (κ1) is 12.7. The molecule has 4 nitrogen and oxygen atoms in total. The minimum Gasteiger partial charge on any atom is -0.444 e. The van der Waals surface area contributed by atoms with E-state index < -0.39 is 5.60 Å². The zero-order valence-corrected chi connectivity index (χ0v) is 11.0. The Morgan fingerprint density at radius 2 is 1.94 bits per heavy atom. The fourth-order valence-corrected chi connectivity index (χ4v) is 2.93. The van der Waals surface area contributed by atoms with Crippen LogP contribution in [0.15, 0.2) is 0 Å². The van der Waals surface area contributed by atoms with Gasteiger partial charge in [-0.3, -0.25) is 4.90 Å². The van der Waals surface area contributed by atoms with Crippen LogP contribution in [0.2, 0.25) is 0 Å². The molecule has 0 radical (unpaired) electrons. The highest BCUT2D eigenvalue weighted by molar-refractivity contribution is 5.69. The van der Waals surface area contributed by atoms with Gasteiger partial charge in [0, 0.05) is 6.04 Å². The number of carbonyl (C=O) groups is 1. The van der Waals surface area contributed by atoms with Crippen molar-refractivity contribution in [3.8, 4) is 0 Å². The number of hydrogen-bond donors (Lipinski definition) is 1. The second kappa shape index (κ2) is 4.48. The van der Waals surface area contributed by atoms with Gasteiger partial charge in [-0.25, -0.2) is 4.79 Å². The molecule has 0 spiro atoms. The second-order valence-corrected chi connectivity index (χ2v) is 6.18. The molecule has 0 saturated carbocycles. The Kier molecular flexibility index (Phi) is 3.34. The monoisotopic (exact) mass is 241 g/mol. The molecular weight excluding hydrogens is 218 g/mol. The Bertz CT molecular complexity index is 298. The zero-order chi connectivity index (χ0) is 12.6. The summed E-state index contributed by atoms with van der Waals surface area (Å²) in [5.74, 6) is 0. The summed E-state index contributed by atoms with van der Waals surface area (Å²) in [7, 11) is 0. The SMILES string of the molecule is CC(C)(C)OC(=O)N1[C@H]2CCC[C@@H]1[C@@H](O)CC2. The van der Waals surface area contributed by atoms with Gasteiger partial charge in [-0.05, 0) is 52.9 Å². The van der Waals surface area contributed by atoms with Crippen molar-refractivity contribution in [3.63, 3.8) is 0 Å². The van der Waals surface area contributed by atoms with Crippen LogP contribution >= 0.6 is 0 Å². The molecule has 98 valence electrons. The number of hydrogen-bond acceptors (Lipinski definition) is 3. The minimum atomic E-state index is -0.465. The van der Waals surface area contributed by atoms with Gasteiger partial charge >= 0.3 is 6.09 Å². The topological polar surface area (TPSA) is 49.8 Å². The number of amides is 1. The summed E-state index contributed by atoms with van der Waals surface area (Å²) in [4.78, 5) is 14.0.